The lowest BCUT2D eigenvalue weighted by Crippen LogP contribution is -2.12. The summed E-state index contributed by atoms with van der Waals surface area (Å²) in [6, 6.07) is 14.2. The summed E-state index contributed by atoms with van der Waals surface area (Å²) in [5.74, 6) is -0.496. The summed E-state index contributed by atoms with van der Waals surface area (Å²) < 4.78 is 21.2. The van der Waals surface area contributed by atoms with Crippen molar-refractivity contribution in [2.24, 2.45) is 0 Å². The first-order valence-corrected chi connectivity index (χ1v) is 13.3. The van der Waals surface area contributed by atoms with Gasteiger partial charge in [0.2, 0.25) is 0 Å². The van der Waals surface area contributed by atoms with Gasteiger partial charge in [0.15, 0.2) is 11.9 Å². The van der Waals surface area contributed by atoms with Gasteiger partial charge < -0.3 is 18.9 Å². The van der Waals surface area contributed by atoms with Gasteiger partial charge in [0.25, 0.3) is 0 Å². The largest absolute Gasteiger partial charge is 0.492 e. The van der Waals surface area contributed by atoms with Crippen molar-refractivity contribution in [1.82, 2.24) is 0 Å². The Hall–Kier alpha value is -3.88. The number of ether oxygens (including phenoxy) is 4. The van der Waals surface area contributed by atoms with Gasteiger partial charge in [0, 0.05) is 0 Å². The average molecular weight is 519 g/mol. The zero-order valence-electron chi connectivity index (χ0n) is 21.9. The minimum atomic E-state index is -0.595. The van der Waals surface area contributed by atoms with E-state index in [0.29, 0.717) is 31.1 Å². The third kappa shape index (κ3) is 8.90. The van der Waals surface area contributed by atoms with E-state index in [1.165, 1.54) is 6.07 Å². The van der Waals surface area contributed by atoms with E-state index >= 15 is 0 Å². The van der Waals surface area contributed by atoms with Crippen molar-refractivity contribution in [1.29, 1.82) is 10.5 Å². The van der Waals surface area contributed by atoms with Gasteiger partial charge in [-0.1, -0.05) is 51.2 Å². The molecule has 1 aliphatic heterocycles. The van der Waals surface area contributed by atoms with Crippen LogP contribution in [0.15, 0.2) is 36.4 Å². The maximum absolute atomic E-state index is 12.7. The van der Waals surface area contributed by atoms with E-state index < -0.39 is 5.97 Å². The molecule has 1 heterocycles. The van der Waals surface area contributed by atoms with Gasteiger partial charge in [-0.25, -0.2) is 9.59 Å². The molecule has 0 aliphatic carbocycles. The highest BCUT2D eigenvalue weighted by molar-refractivity contribution is 5.91. The Bertz CT molecular complexity index is 1160. The second-order valence-electron chi connectivity index (χ2n) is 9.18. The summed E-state index contributed by atoms with van der Waals surface area (Å²) in [6.07, 6.45) is 8.50. The van der Waals surface area contributed by atoms with Crippen LogP contribution >= 0.6 is 0 Å². The molecule has 1 atom stereocenters. The summed E-state index contributed by atoms with van der Waals surface area (Å²) >= 11 is 0. The molecule has 0 spiro atoms. The summed E-state index contributed by atoms with van der Waals surface area (Å²) in [5, 5.41) is 19.2. The molecule has 0 radical (unpaired) electrons. The van der Waals surface area contributed by atoms with Crippen LogP contribution in [0, 0.1) is 22.7 Å². The Morgan fingerprint density at radius 1 is 0.868 bits per heavy atom. The number of rotatable bonds is 16. The second kappa shape index (κ2) is 15.4. The number of hydrogen-bond acceptors (Lipinski definition) is 8. The molecule has 0 aromatic heterocycles. The molecule has 0 amide bonds. The molecule has 2 aromatic carbocycles. The lowest BCUT2D eigenvalue weighted by molar-refractivity contribution is -0.145. The Labute approximate surface area is 224 Å². The van der Waals surface area contributed by atoms with Crippen molar-refractivity contribution in [3.8, 4) is 23.6 Å². The minimum Gasteiger partial charge on any atom is -0.492 e. The van der Waals surface area contributed by atoms with Crippen LogP contribution in [0.1, 0.15) is 85.3 Å². The van der Waals surface area contributed by atoms with Gasteiger partial charge in [-0.15, -0.1) is 0 Å². The van der Waals surface area contributed by atoms with Gasteiger partial charge in [0.05, 0.1) is 25.4 Å². The number of aryl methyl sites for hydroxylation is 1. The van der Waals surface area contributed by atoms with Gasteiger partial charge in [-0.05, 0) is 55.5 Å². The molecule has 0 N–H and O–H groups in total. The molecule has 0 bridgehead atoms. The maximum Gasteiger partial charge on any atom is 0.343 e. The fourth-order valence-corrected chi connectivity index (χ4v) is 3.90. The second-order valence-corrected chi connectivity index (χ2v) is 9.18. The third-order valence-electron chi connectivity index (χ3n) is 6.20. The summed E-state index contributed by atoms with van der Waals surface area (Å²) in [6.45, 7) is 3.47. The Morgan fingerprint density at radius 3 is 2.18 bits per heavy atom. The molecule has 0 saturated carbocycles. The number of nitriles is 2. The lowest BCUT2D eigenvalue weighted by atomic mass is 10.0. The van der Waals surface area contributed by atoms with Crippen LogP contribution in [0.2, 0.25) is 0 Å². The van der Waals surface area contributed by atoms with E-state index in [1.54, 1.807) is 18.2 Å². The minimum absolute atomic E-state index is 0.0134. The van der Waals surface area contributed by atoms with E-state index in [4.69, 9.17) is 18.9 Å². The number of esters is 2. The van der Waals surface area contributed by atoms with Crippen molar-refractivity contribution < 1.29 is 28.5 Å². The van der Waals surface area contributed by atoms with Crippen molar-refractivity contribution in [3.63, 3.8) is 0 Å². The molecule has 200 valence electrons. The normalized spacial score (nSPS) is 13.7. The van der Waals surface area contributed by atoms with E-state index in [2.05, 4.69) is 6.92 Å². The number of nitrogens with zero attached hydrogens (tertiary/aromatic N) is 2. The van der Waals surface area contributed by atoms with E-state index in [9.17, 15) is 20.1 Å². The molecule has 8 heteroatoms. The first-order chi connectivity index (χ1) is 18.6. The SMILES string of the molecule is CCCCCOc1ccc(OC(=O)c2ccc(CCCCCCCOC(=O)C3CO3)cc2)c(C#N)c1C#N. The Morgan fingerprint density at radius 2 is 1.50 bits per heavy atom. The van der Waals surface area contributed by atoms with Crippen LogP contribution in [0.3, 0.4) is 0 Å². The van der Waals surface area contributed by atoms with Gasteiger partial charge >= 0.3 is 11.9 Å². The number of carbonyl (C=O) groups is 2. The topological polar surface area (TPSA) is 122 Å². The summed E-state index contributed by atoms with van der Waals surface area (Å²) in [4.78, 5) is 24.1. The number of unbranched alkanes of at least 4 members (excludes halogenated alkanes) is 6. The van der Waals surface area contributed by atoms with E-state index in [-0.39, 0.29) is 28.9 Å². The first-order valence-electron chi connectivity index (χ1n) is 13.3. The van der Waals surface area contributed by atoms with Crippen molar-refractivity contribution in [2.45, 2.75) is 70.8 Å². The molecule has 1 fully saturated rings. The highest BCUT2D eigenvalue weighted by atomic mass is 16.6. The van der Waals surface area contributed by atoms with Crippen molar-refractivity contribution >= 4 is 11.9 Å². The fourth-order valence-electron chi connectivity index (χ4n) is 3.90. The Balaban J connectivity index is 1.43. The van der Waals surface area contributed by atoms with Gasteiger partial charge in [-0.3, -0.25) is 0 Å². The van der Waals surface area contributed by atoms with E-state index in [1.807, 2.05) is 24.3 Å². The molecule has 2 aromatic rings. The quantitative estimate of drug-likeness (QED) is 0.121. The number of hydrogen-bond donors (Lipinski definition) is 0. The lowest BCUT2D eigenvalue weighted by Gasteiger charge is -2.12. The number of epoxide rings is 1. The standard InChI is InChI=1S/C30H34N2O6/c1-2-3-8-17-35-26-15-16-27(25(20-32)24(26)19-31)38-29(33)23-13-11-22(12-14-23)10-7-5-4-6-9-18-36-30(34)28-21-37-28/h11-16,28H,2-10,17-18,21H2,1H3. The van der Waals surface area contributed by atoms with Crippen molar-refractivity contribution in [3.05, 3.63) is 58.7 Å². The molecular formula is C30H34N2O6. The molecule has 1 aliphatic rings. The molecule has 3 rings (SSSR count). The average Bonchev–Trinajstić information content (AvgIpc) is 3.79. The zero-order valence-corrected chi connectivity index (χ0v) is 21.9. The van der Waals surface area contributed by atoms with E-state index in [0.717, 1.165) is 63.4 Å². The predicted molar refractivity (Wildman–Crippen MR) is 140 cm³/mol. The molecule has 38 heavy (non-hydrogen) atoms. The molecular weight excluding hydrogens is 484 g/mol. The van der Waals surface area contributed by atoms with Crippen LogP contribution < -0.4 is 9.47 Å². The maximum atomic E-state index is 12.7. The first kappa shape index (κ1) is 28.7. The summed E-state index contributed by atoms with van der Waals surface area (Å²) in [5.41, 5.74) is 1.54. The van der Waals surface area contributed by atoms with Crippen molar-refractivity contribution in [2.75, 3.05) is 19.8 Å². The van der Waals surface area contributed by atoms with Crippen LogP contribution in [-0.2, 0) is 20.7 Å². The third-order valence-corrected chi connectivity index (χ3v) is 6.20. The predicted octanol–water partition coefficient (Wildman–Crippen LogP) is 5.65. The van der Waals surface area contributed by atoms with Crippen LogP contribution in [0.5, 0.6) is 11.5 Å². The van der Waals surface area contributed by atoms with Gasteiger partial charge in [-0.2, -0.15) is 10.5 Å². The Kier molecular flexibility index (Phi) is 11.6. The van der Waals surface area contributed by atoms with Gasteiger partial charge in [0.1, 0.15) is 29.0 Å². The van der Waals surface area contributed by atoms with Crippen LogP contribution in [0.4, 0.5) is 0 Å². The number of carbonyl (C=O) groups excluding carboxylic acids is 2. The van der Waals surface area contributed by atoms with Crippen LogP contribution in [-0.4, -0.2) is 37.9 Å². The molecule has 1 unspecified atom stereocenters. The zero-order chi connectivity index (χ0) is 27.2. The van der Waals surface area contributed by atoms with Crippen LogP contribution in [0.25, 0.3) is 0 Å². The smallest absolute Gasteiger partial charge is 0.343 e. The number of benzene rings is 2. The molecule has 8 nitrogen and oxygen atoms in total. The molecule has 1 saturated heterocycles. The highest BCUT2D eigenvalue weighted by Crippen LogP contribution is 2.30. The fraction of sp³-hybridized carbons (Fsp3) is 0.467. The summed E-state index contributed by atoms with van der Waals surface area (Å²) in [7, 11) is 0. The monoisotopic (exact) mass is 518 g/mol. The highest BCUT2D eigenvalue weighted by Gasteiger charge is 2.32.